The van der Waals surface area contributed by atoms with Crippen LogP contribution in [-0.2, 0) is 0 Å². The predicted molar refractivity (Wildman–Crippen MR) is 43.8 cm³/mol. The summed E-state index contributed by atoms with van der Waals surface area (Å²) < 4.78 is 0. The average Bonchev–Trinajstić information content (AvgIpc) is 1.99. The molecule has 0 fully saturated rings. The van der Waals surface area contributed by atoms with Crippen molar-refractivity contribution < 1.29 is 5.11 Å². The number of hydrogen-bond acceptors (Lipinski definition) is 3. The maximum Gasteiger partial charge on any atom is 0.0661 e. The van der Waals surface area contributed by atoms with Gasteiger partial charge >= 0.3 is 0 Å². The molecule has 0 aliphatic rings. The Bertz CT molecular complexity index is 121. The summed E-state index contributed by atoms with van der Waals surface area (Å²) in [5.74, 6) is 0.914. The second-order valence-corrected chi connectivity index (χ2v) is 3.83. The predicted octanol–water partition coefficient (Wildman–Crippen LogP) is 1.26. The molecule has 0 aromatic rings. The Kier molecular flexibility index (Phi) is 5.46. The highest BCUT2D eigenvalue weighted by Gasteiger charge is 2.03. The van der Waals surface area contributed by atoms with Crippen LogP contribution in [0, 0.1) is 17.2 Å². The molecule has 2 nitrogen and oxygen atoms in total. The first-order valence-electron chi connectivity index (χ1n) is 3.32. The van der Waals surface area contributed by atoms with Crippen LogP contribution in [-0.4, -0.2) is 22.7 Å². The molecule has 2 unspecified atom stereocenters. The number of thioether (sulfide) groups is 1. The van der Waals surface area contributed by atoms with E-state index in [2.05, 4.69) is 6.07 Å². The van der Waals surface area contributed by atoms with Gasteiger partial charge in [-0.25, -0.2) is 0 Å². The van der Waals surface area contributed by atoms with Gasteiger partial charge in [-0.1, -0.05) is 6.92 Å². The second-order valence-electron chi connectivity index (χ2n) is 2.36. The van der Waals surface area contributed by atoms with Crippen molar-refractivity contribution in [3.8, 4) is 6.07 Å². The monoisotopic (exact) mass is 159 g/mol. The Morgan fingerprint density at radius 1 is 1.60 bits per heavy atom. The van der Waals surface area contributed by atoms with Crippen molar-refractivity contribution in [3.05, 3.63) is 0 Å². The molecule has 3 heteroatoms. The van der Waals surface area contributed by atoms with Crippen LogP contribution in [0.4, 0.5) is 0 Å². The minimum absolute atomic E-state index is 0.0963. The van der Waals surface area contributed by atoms with Gasteiger partial charge in [-0.3, -0.25) is 0 Å². The summed E-state index contributed by atoms with van der Waals surface area (Å²) >= 11 is 1.64. The topological polar surface area (TPSA) is 44.0 Å². The quantitative estimate of drug-likeness (QED) is 0.671. The Morgan fingerprint density at radius 3 is 2.60 bits per heavy atom. The minimum Gasteiger partial charge on any atom is -0.395 e. The van der Waals surface area contributed by atoms with Crippen molar-refractivity contribution in [3.63, 3.8) is 0 Å². The van der Waals surface area contributed by atoms with E-state index in [0.29, 0.717) is 0 Å². The van der Waals surface area contributed by atoms with Crippen LogP contribution in [0.3, 0.4) is 0 Å². The van der Waals surface area contributed by atoms with Gasteiger partial charge in [-0.05, 0) is 6.92 Å². The number of aliphatic hydroxyl groups excluding tert-OH is 1. The lowest BCUT2D eigenvalue weighted by atomic mass is 10.3. The highest BCUT2D eigenvalue weighted by atomic mass is 32.2. The standard InChI is InChI=1S/C7H13NOS/c1-6(3-8)5-10-7(2)4-9/h6-7,9H,4-5H2,1-2H3. The lowest BCUT2D eigenvalue weighted by molar-refractivity contribution is 0.300. The molecule has 0 bridgehead atoms. The maximum absolute atomic E-state index is 8.62. The molecule has 0 aromatic heterocycles. The SMILES string of the molecule is CC(C#N)CSC(C)CO. The van der Waals surface area contributed by atoms with Gasteiger partial charge in [-0.15, -0.1) is 0 Å². The molecule has 0 aliphatic heterocycles. The summed E-state index contributed by atoms with van der Waals surface area (Å²) in [6, 6.07) is 2.14. The van der Waals surface area contributed by atoms with E-state index in [1.807, 2.05) is 13.8 Å². The fourth-order valence-corrected chi connectivity index (χ4v) is 1.20. The summed E-state index contributed by atoms with van der Waals surface area (Å²) in [5, 5.41) is 17.3. The molecule has 0 saturated carbocycles. The first-order chi connectivity index (χ1) is 4.70. The molecule has 10 heavy (non-hydrogen) atoms. The smallest absolute Gasteiger partial charge is 0.0661 e. The minimum atomic E-state index is 0.0963. The molecule has 0 heterocycles. The van der Waals surface area contributed by atoms with Crippen LogP contribution in [0.15, 0.2) is 0 Å². The van der Waals surface area contributed by atoms with E-state index in [1.165, 1.54) is 0 Å². The number of hydrogen-bond donors (Lipinski definition) is 1. The molecule has 0 aliphatic carbocycles. The molecular formula is C7H13NOS. The van der Waals surface area contributed by atoms with Gasteiger partial charge in [0.15, 0.2) is 0 Å². The van der Waals surface area contributed by atoms with Crippen molar-refractivity contribution >= 4 is 11.8 Å². The molecule has 0 aromatic carbocycles. The van der Waals surface area contributed by atoms with E-state index in [0.717, 1.165) is 5.75 Å². The van der Waals surface area contributed by atoms with E-state index in [4.69, 9.17) is 10.4 Å². The van der Waals surface area contributed by atoms with Gasteiger partial charge in [0.05, 0.1) is 18.6 Å². The molecule has 1 N–H and O–H groups in total. The van der Waals surface area contributed by atoms with E-state index in [-0.39, 0.29) is 17.8 Å². The van der Waals surface area contributed by atoms with E-state index < -0.39 is 0 Å². The molecule has 0 radical (unpaired) electrons. The van der Waals surface area contributed by atoms with Crippen molar-refractivity contribution in [2.24, 2.45) is 5.92 Å². The van der Waals surface area contributed by atoms with Gasteiger partial charge in [0.1, 0.15) is 0 Å². The molecule has 0 spiro atoms. The Balaban J connectivity index is 3.28. The third-order valence-electron chi connectivity index (χ3n) is 1.11. The first kappa shape index (κ1) is 9.80. The molecule has 0 amide bonds. The summed E-state index contributed by atoms with van der Waals surface area (Å²) in [6.07, 6.45) is 0. The third kappa shape index (κ3) is 4.66. The molecule has 0 saturated heterocycles. The fourth-order valence-electron chi connectivity index (χ4n) is 0.399. The van der Waals surface area contributed by atoms with Crippen molar-refractivity contribution in [1.29, 1.82) is 5.26 Å². The summed E-state index contributed by atoms with van der Waals surface area (Å²) in [7, 11) is 0. The highest BCUT2D eigenvalue weighted by molar-refractivity contribution is 7.99. The molecule has 58 valence electrons. The fraction of sp³-hybridized carbons (Fsp3) is 0.857. The van der Waals surface area contributed by atoms with Crippen LogP contribution in [0.25, 0.3) is 0 Å². The Hall–Kier alpha value is -0.200. The van der Waals surface area contributed by atoms with Gasteiger partial charge in [0.25, 0.3) is 0 Å². The molecular weight excluding hydrogens is 146 g/mol. The van der Waals surface area contributed by atoms with Gasteiger partial charge in [-0.2, -0.15) is 17.0 Å². The van der Waals surface area contributed by atoms with Gasteiger partial charge in [0, 0.05) is 11.0 Å². The molecule has 2 atom stereocenters. The van der Waals surface area contributed by atoms with E-state index >= 15 is 0 Å². The molecule has 0 rings (SSSR count). The van der Waals surface area contributed by atoms with Crippen LogP contribution >= 0.6 is 11.8 Å². The normalized spacial score (nSPS) is 15.8. The number of aliphatic hydroxyl groups is 1. The third-order valence-corrected chi connectivity index (χ3v) is 2.52. The largest absolute Gasteiger partial charge is 0.395 e. The van der Waals surface area contributed by atoms with Crippen LogP contribution in [0.1, 0.15) is 13.8 Å². The van der Waals surface area contributed by atoms with E-state index in [9.17, 15) is 0 Å². The second kappa shape index (κ2) is 5.57. The number of rotatable bonds is 4. The number of nitrogens with zero attached hydrogens (tertiary/aromatic N) is 1. The average molecular weight is 159 g/mol. The van der Waals surface area contributed by atoms with Crippen LogP contribution in [0.2, 0.25) is 0 Å². The maximum atomic E-state index is 8.62. The van der Waals surface area contributed by atoms with Gasteiger partial charge < -0.3 is 5.11 Å². The first-order valence-corrected chi connectivity index (χ1v) is 4.37. The summed E-state index contributed by atoms with van der Waals surface area (Å²) in [5.41, 5.74) is 0. The number of nitriles is 1. The van der Waals surface area contributed by atoms with E-state index in [1.54, 1.807) is 11.8 Å². The van der Waals surface area contributed by atoms with Crippen LogP contribution in [0.5, 0.6) is 0 Å². The van der Waals surface area contributed by atoms with Crippen molar-refractivity contribution in [2.75, 3.05) is 12.4 Å². The zero-order chi connectivity index (χ0) is 7.98. The van der Waals surface area contributed by atoms with Crippen molar-refractivity contribution in [1.82, 2.24) is 0 Å². The lowest BCUT2D eigenvalue weighted by Gasteiger charge is -2.07. The summed E-state index contributed by atoms with van der Waals surface area (Å²) in [4.78, 5) is 0. The van der Waals surface area contributed by atoms with Gasteiger partial charge in [0.2, 0.25) is 0 Å². The highest BCUT2D eigenvalue weighted by Crippen LogP contribution is 2.13. The Labute approximate surface area is 66.2 Å². The Morgan fingerprint density at radius 2 is 2.20 bits per heavy atom. The zero-order valence-electron chi connectivity index (χ0n) is 6.37. The van der Waals surface area contributed by atoms with Crippen LogP contribution < -0.4 is 0 Å². The summed E-state index contributed by atoms with van der Waals surface area (Å²) in [6.45, 7) is 4.04. The van der Waals surface area contributed by atoms with Crippen molar-refractivity contribution in [2.45, 2.75) is 19.1 Å². The lowest BCUT2D eigenvalue weighted by Crippen LogP contribution is -2.05. The zero-order valence-corrected chi connectivity index (χ0v) is 7.19.